The van der Waals surface area contributed by atoms with Gasteiger partial charge in [0.15, 0.2) is 10.1 Å². The molecule has 0 saturated carbocycles. The fraction of sp³-hybridized carbons (Fsp3) is 0.353. The standard InChI is InChI=1S/C15H16ClN7OS.C2HF3O2/c16-14-12(22-5-6-25-15(22)18-14)1-2-13(24)21-4-3-11(9-21)23-8-10(7-17)19-20-23;3-2(4,5)1(6)7/h1-2,5-6,8,11H,3-4,7,9,17H2;(H,6,7)/b2-1+;. The number of aliphatic carboxylic acids is 1. The fourth-order valence-corrected chi connectivity index (χ4v) is 3.93. The molecule has 0 aromatic carbocycles. The summed E-state index contributed by atoms with van der Waals surface area (Å²) < 4.78 is 35.4. The van der Waals surface area contributed by atoms with Gasteiger partial charge in [0.2, 0.25) is 5.91 Å². The molecule has 32 heavy (non-hydrogen) atoms. The summed E-state index contributed by atoms with van der Waals surface area (Å²) >= 11 is 7.64. The first-order chi connectivity index (χ1) is 15.1. The lowest BCUT2D eigenvalue weighted by molar-refractivity contribution is -0.192. The van der Waals surface area contributed by atoms with Gasteiger partial charge in [-0.25, -0.2) is 14.5 Å². The molecular formula is C17H17ClF3N7O3S. The molecule has 4 rings (SSSR count). The molecule has 1 aliphatic heterocycles. The molecule has 0 radical (unpaired) electrons. The van der Waals surface area contributed by atoms with Crippen LogP contribution in [0.3, 0.4) is 0 Å². The number of halogens is 4. The number of hydrogen-bond donors (Lipinski definition) is 2. The first kappa shape index (κ1) is 23.7. The Morgan fingerprint density at radius 2 is 2.12 bits per heavy atom. The number of likely N-dealkylation sites (tertiary alicyclic amines) is 1. The molecule has 1 amide bonds. The van der Waals surface area contributed by atoms with Gasteiger partial charge in [-0.1, -0.05) is 16.8 Å². The maximum Gasteiger partial charge on any atom is 0.490 e. The number of imidazole rings is 1. The fourth-order valence-electron chi connectivity index (χ4n) is 2.92. The largest absolute Gasteiger partial charge is 0.490 e. The van der Waals surface area contributed by atoms with Gasteiger partial charge in [0.05, 0.1) is 23.6 Å². The van der Waals surface area contributed by atoms with Crippen LogP contribution in [0.2, 0.25) is 5.15 Å². The molecule has 0 spiro atoms. The van der Waals surface area contributed by atoms with E-state index in [1.807, 2.05) is 22.2 Å². The highest BCUT2D eigenvalue weighted by Crippen LogP contribution is 2.24. The number of nitrogens with zero attached hydrogens (tertiary/aromatic N) is 6. The number of carboxylic acid groups (broad SMARTS) is 1. The second-order valence-corrected chi connectivity index (χ2v) is 7.83. The van der Waals surface area contributed by atoms with Crippen molar-refractivity contribution in [1.82, 2.24) is 29.3 Å². The zero-order valence-electron chi connectivity index (χ0n) is 16.2. The van der Waals surface area contributed by atoms with E-state index in [4.69, 9.17) is 27.2 Å². The highest BCUT2D eigenvalue weighted by Gasteiger charge is 2.38. The normalized spacial score (nSPS) is 16.5. The van der Waals surface area contributed by atoms with Crippen LogP contribution in [0.25, 0.3) is 11.0 Å². The molecule has 1 fully saturated rings. The Morgan fingerprint density at radius 1 is 1.41 bits per heavy atom. The highest BCUT2D eigenvalue weighted by atomic mass is 35.5. The summed E-state index contributed by atoms with van der Waals surface area (Å²) in [7, 11) is 0. The van der Waals surface area contributed by atoms with Crippen molar-refractivity contribution in [1.29, 1.82) is 0 Å². The molecule has 4 heterocycles. The monoisotopic (exact) mass is 491 g/mol. The second kappa shape index (κ2) is 9.67. The maximum atomic E-state index is 12.5. The van der Waals surface area contributed by atoms with Gasteiger partial charge in [-0.05, 0) is 12.5 Å². The smallest absolute Gasteiger partial charge is 0.475 e. The summed E-state index contributed by atoms with van der Waals surface area (Å²) in [5, 5.41) is 17.5. The predicted octanol–water partition coefficient (Wildman–Crippen LogP) is 2.22. The number of amides is 1. The van der Waals surface area contributed by atoms with Gasteiger partial charge in [-0.15, -0.1) is 16.4 Å². The molecular weight excluding hydrogens is 475 g/mol. The minimum atomic E-state index is -5.08. The Bertz CT molecular complexity index is 1140. The van der Waals surface area contributed by atoms with Gasteiger partial charge in [-0.3, -0.25) is 9.20 Å². The number of fused-ring (bicyclic) bond motifs is 1. The van der Waals surface area contributed by atoms with Crippen LogP contribution in [-0.2, 0) is 16.1 Å². The van der Waals surface area contributed by atoms with E-state index in [-0.39, 0.29) is 11.9 Å². The number of rotatable bonds is 4. The Balaban J connectivity index is 0.000000360. The van der Waals surface area contributed by atoms with Crippen LogP contribution in [0.4, 0.5) is 13.2 Å². The Hall–Kier alpha value is -2.97. The molecule has 3 aromatic rings. The highest BCUT2D eigenvalue weighted by molar-refractivity contribution is 7.15. The second-order valence-electron chi connectivity index (χ2n) is 6.60. The van der Waals surface area contributed by atoms with Crippen molar-refractivity contribution in [2.45, 2.75) is 25.2 Å². The van der Waals surface area contributed by atoms with E-state index in [0.717, 1.165) is 17.1 Å². The predicted molar refractivity (Wildman–Crippen MR) is 109 cm³/mol. The van der Waals surface area contributed by atoms with Gasteiger partial charge in [0.1, 0.15) is 0 Å². The molecule has 3 aromatic heterocycles. The van der Waals surface area contributed by atoms with E-state index in [1.165, 1.54) is 11.3 Å². The maximum absolute atomic E-state index is 12.5. The van der Waals surface area contributed by atoms with E-state index in [0.29, 0.717) is 30.5 Å². The number of carbonyl (C=O) groups is 2. The minimum absolute atomic E-state index is 0.0529. The van der Waals surface area contributed by atoms with Crippen molar-refractivity contribution >= 4 is 45.9 Å². The van der Waals surface area contributed by atoms with Crippen LogP contribution >= 0.6 is 22.9 Å². The van der Waals surface area contributed by atoms with Gasteiger partial charge in [0, 0.05) is 37.3 Å². The molecule has 1 aliphatic rings. The van der Waals surface area contributed by atoms with Gasteiger partial charge in [-0.2, -0.15) is 13.2 Å². The zero-order valence-corrected chi connectivity index (χ0v) is 17.8. The third kappa shape index (κ3) is 5.44. The average Bonchev–Trinajstić information content (AvgIpc) is 3.50. The van der Waals surface area contributed by atoms with Crippen LogP contribution in [0.1, 0.15) is 23.9 Å². The molecule has 1 saturated heterocycles. The van der Waals surface area contributed by atoms with Crippen molar-refractivity contribution in [3.8, 4) is 0 Å². The summed E-state index contributed by atoms with van der Waals surface area (Å²) in [6.45, 7) is 1.64. The lowest BCUT2D eigenvalue weighted by Crippen LogP contribution is -2.27. The zero-order chi connectivity index (χ0) is 23.5. The van der Waals surface area contributed by atoms with E-state index >= 15 is 0 Å². The summed E-state index contributed by atoms with van der Waals surface area (Å²) in [6.07, 6.45) is 2.74. The summed E-state index contributed by atoms with van der Waals surface area (Å²) in [5.41, 5.74) is 7.02. The van der Waals surface area contributed by atoms with Crippen molar-refractivity contribution in [3.05, 3.63) is 40.4 Å². The third-order valence-electron chi connectivity index (χ3n) is 4.50. The average molecular weight is 492 g/mol. The lowest BCUT2D eigenvalue weighted by Gasteiger charge is -2.14. The van der Waals surface area contributed by atoms with Gasteiger partial charge < -0.3 is 15.7 Å². The molecule has 15 heteroatoms. The number of carbonyl (C=O) groups excluding carboxylic acids is 1. The Morgan fingerprint density at radius 3 is 2.75 bits per heavy atom. The van der Waals surface area contributed by atoms with Crippen molar-refractivity contribution in [3.63, 3.8) is 0 Å². The Kier molecular flexibility index (Phi) is 7.16. The Labute approximate surface area is 187 Å². The SMILES string of the molecule is NCc1cn(C2CCN(C(=O)/C=C/c3c(Cl)nc4sccn34)C2)nn1.O=C(O)C(F)(F)F. The van der Waals surface area contributed by atoms with E-state index in [9.17, 15) is 18.0 Å². The van der Waals surface area contributed by atoms with Crippen LogP contribution in [0.5, 0.6) is 0 Å². The third-order valence-corrected chi connectivity index (χ3v) is 5.53. The van der Waals surface area contributed by atoms with Crippen molar-refractivity contribution < 1.29 is 27.9 Å². The number of nitrogens with two attached hydrogens (primary N) is 1. The summed E-state index contributed by atoms with van der Waals surface area (Å²) in [6, 6.07) is 0.132. The van der Waals surface area contributed by atoms with Gasteiger partial charge in [0.25, 0.3) is 0 Å². The summed E-state index contributed by atoms with van der Waals surface area (Å²) in [5.74, 6) is -2.81. The van der Waals surface area contributed by atoms with Crippen LogP contribution in [0, 0.1) is 0 Å². The molecule has 0 bridgehead atoms. The topological polar surface area (TPSA) is 132 Å². The van der Waals surface area contributed by atoms with Gasteiger partial charge >= 0.3 is 12.1 Å². The molecule has 1 unspecified atom stereocenters. The molecule has 172 valence electrons. The summed E-state index contributed by atoms with van der Waals surface area (Å²) in [4.78, 5) is 28.2. The quantitative estimate of drug-likeness (QED) is 0.535. The van der Waals surface area contributed by atoms with E-state index < -0.39 is 12.1 Å². The van der Waals surface area contributed by atoms with Crippen LogP contribution in [0.15, 0.2) is 23.8 Å². The van der Waals surface area contributed by atoms with Crippen LogP contribution in [-0.4, -0.2) is 65.5 Å². The molecule has 0 aliphatic carbocycles. The number of thiazole rings is 1. The molecule has 10 nitrogen and oxygen atoms in total. The number of alkyl halides is 3. The van der Waals surface area contributed by atoms with Crippen molar-refractivity contribution in [2.24, 2.45) is 5.73 Å². The van der Waals surface area contributed by atoms with Crippen LogP contribution < -0.4 is 5.73 Å². The first-order valence-electron chi connectivity index (χ1n) is 9.09. The lowest BCUT2D eigenvalue weighted by atomic mass is 10.3. The number of carboxylic acids is 1. The molecule has 3 N–H and O–H groups in total. The van der Waals surface area contributed by atoms with E-state index in [2.05, 4.69) is 15.3 Å². The van der Waals surface area contributed by atoms with E-state index in [1.54, 1.807) is 21.7 Å². The minimum Gasteiger partial charge on any atom is -0.475 e. The molecule has 1 atom stereocenters. The number of aromatic nitrogens is 5. The number of hydrogen-bond acceptors (Lipinski definition) is 7. The van der Waals surface area contributed by atoms with Crippen molar-refractivity contribution in [2.75, 3.05) is 13.1 Å². The first-order valence-corrected chi connectivity index (χ1v) is 10.3.